The van der Waals surface area contributed by atoms with Gasteiger partial charge in [0, 0.05) is 6.54 Å². The highest BCUT2D eigenvalue weighted by Gasteiger charge is 2.32. The number of nitrogens with zero attached hydrogens (tertiary/aromatic N) is 2. The lowest BCUT2D eigenvalue weighted by atomic mass is 9.86. The zero-order chi connectivity index (χ0) is 9.03. The van der Waals surface area contributed by atoms with E-state index >= 15 is 0 Å². The van der Waals surface area contributed by atoms with E-state index in [1.165, 1.54) is 6.42 Å². The van der Waals surface area contributed by atoms with E-state index in [0.717, 1.165) is 25.8 Å². The van der Waals surface area contributed by atoms with Crippen molar-refractivity contribution in [2.75, 3.05) is 6.54 Å². The molecule has 1 heterocycles. The summed E-state index contributed by atoms with van der Waals surface area (Å²) < 4.78 is 0. The maximum absolute atomic E-state index is 8.89. The summed E-state index contributed by atoms with van der Waals surface area (Å²) in [7, 11) is 0. The first-order valence-electron chi connectivity index (χ1n) is 4.51. The van der Waals surface area contributed by atoms with Crippen molar-refractivity contribution in [2.24, 2.45) is 0 Å². The Morgan fingerprint density at radius 3 is 3.00 bits per heavy atom. The van der Waals surface area contributed by atoms with Crippen LogP contribution in [0.2, 0.25) is 0 Å². The highest BCUT2D eigenvalue weighted by molar-refractivity contribution is 4.99. The van der Waals surface area contributed by atoms with Gasteiger partial charge in [-0.3, -0.25) is 0 Å². The fourth-order valence-electron chi connectivity index (χ4n) is 1.87. The van der Waals surface area contributed by atoms with Crippen molar-refractivity contribution in [3.8, 4) is 6.19 Å². The first kappa shape index (κ1) is 9.12. The molecule has 1 atom stereocenters. The lowest BCUT2D eigenvalue weighted by Crippen LogP contribution is -2.46. The lowest BCUT2D eigenvalue weighted by Gasteiger charge is -2.40. The first-order chi connectivity index (χ1) is 5.73. The van der Waals surface area contributed by atoms with Gasteiger partial charge in [-0.15, -0.1) is 6.58 Å². The zero-order valence-corrected chi connectivity index (χ0v) is 7.71. The monoisotopic (exact) mass is 164 g/mol. The fourth-order valence-corrected chi connectivity index (χ4v) is 1.87. The molecule has 1 unspecified atom stereocenters. The molecule has 2 nitrogen and oxygen atoms in total. The molecule has 0 aromatic heterocycles. The highest BCUT2D eigenvalue weighted by Crippen LogP contribution is 2.30. The minimum absolute atomic E-state index is 0.0503. The van der Waals surface area contributed by atoms with Gasteiger partial charge in [-0.2, -0.15) is 5.26 Å². The summed E-state index contributed by atoms with van der Waals surface area (Å²) in [6, 6.07) is 0. The van der Waals surface area contributed by atoms with Gasteiger partial charge in [0.15, 0.2) is 6.19 Å². The number of likely N-dealkylation sites (tertiary alicyclic amines) is 1. The van der Waals surface area contributed by atoms with Gasteiger partial charge in [0.05, 0.1) is 5.54 Å². The predicted molar refractivity (Wildman–Crippen MR) is 49.4 cm³/mol. The minimum atomic E-state index is 0.0503. The van der Waals surface area contributed by atoms with Gasteiger partial charge in [-0.25, -0.2) is 0 Å². The Kier molecular flexibility index (Phi) is 2.75. The molecule has 0 N–H and O–H groups in total. The van der Waals surface area contributed by atoms with Crippen molar-refractivity contribution in [2.45, 2.75) is 38.1 Å². The molecule has 0 spiro atoms. The van der Waals surface area contributed by atoms with Gasteiger partial charge in [0.1, 0.15) is 0 Å². The number of piperidine rings is 1. The standard InChI is InChI=1S/C10H16N2/c1-3-6-10(2)7-4-5-8-12(10)9-11/h3H,1,4-8H2,2H3. The normalized spacial score (nSPS) is 29.5. The van der Waals surface area contributed by atoms with Gasteiger partial charge in [-0.1, -0.05) is 6.08 Å². The second kappa shape index (κ2) is 3.62. The Labute approximate surface area is 74.5 Å². The molecular weight excluding hydrogens is 148 g/mol. The minimum Gasteiger partial charge on any atom is -0.305 e. The molecule has 12 heavy (non-hydrogen) atoms. The third-order valence-corrected chi connectivity index (χ3v) is 2.70. The molecule has 0 aromatic carbocycles. The van der Waals surface area contributed by atoms with Crippen molar-refractivity contribution in [1.82, 2.24) is 4.90 Å². The highest BCUT2D eigenvalue weighted by atomic mass is 15.2. The van der Waals surface area contributed by atoms with E-state index in [2.05, 4.69) is 19.7 Å². The molecule has 0 amide bonds. The fraction of sp³-hybridized carbons (Fsp3) is 0.700. The van der Waals surface area contributed by atoms with Gasteiger partial charge >= 0.3 is 0 Å². The Morgan fingerprint density at radius 2 is 2.42 bits per heavy atom. The second-order valence-electron chi connectivity index (χ2n) is 3.70. The van der Waals surface area contributed by atoms with Crippen LogP contribution in [0.25, 0.3) is 0 Å². The molecule has 1 rings (SSSR count). The molecule has 0 saturated carbocycles. The first-order valence-corrected chi connectivity index (χ1v) is 4.51. The summed E-state index contributed by atoms with van der Waals surface area (Å²) in [6.07, 6.45) is 8.60. The smallest absolute Gasteiger partial charge is 0.179 e. The van der Waals surface area contributed by atoms with Gasteiger partial charge < -0.3 is 4.90 Å². The molecule has 1 aliphatic heterocycles. The van der Waals surface area contributed by atoms with E-state index in [1.54, 1.807) is 0 Å². The maximum atomic E-state index is 8.89. The van der Waals surface area contributed by atoms with Crippen molar-refractivity contribution >= 4 is 0 Å². The summed E-state index contributed by atoms with van der Waals surface area (Å²) in [4.78, 5) is 1.90. The molecule has 66 valence electrons. The summed E-state index contributed by atoms with van der Waals surface area (Å²) in [5, 5.41) is 8.89. The van der Waals surface area contributed by atoms with Crippen molar-refractivity contribution in [1.29, 1.82) is 5.26 Å². The maximum Gasteiger partial charge on any atom is 0.179 e. The van der Waals surface area contributed by atoms with E-state index in [4.69, 9.17) is 5.26 Å². The van der Waals surface area contributed by atoms with Crippen LogP contribution in [0.3, 0.4) is 0 Å². The average molecular weight is 164 g/mol. The summed E-state index contributed by atoms with van der Waals surface area (Å²) in [5.41, 5.74) is 0.0503. The zero-order valence-electron chi connectivity index (χ0n) is 7.71. The largest absolute Gasteiger partial charge is 0.305 e. The molecule has 0 bridgehead atoms. The van der Waals surface area contributed by atoms with Crippen LogP contribution in [0, 0.1) is 11.5 Å². The van der Waals surface area contributed by atoms with Gasteiger partial charge in [0.2, 0.25) is 0 Å². The molecule has 0 aromatic rings. The van der Waals surface area contributed by atoms with Gasteiger partial charge in [-0.05, 0) is 32.6 Å². The van der Waals surface area contributed by atoms with Crippen LogP contribution >= 0.6 is 0 Å². The van der Waals surface area contributed by atoms with E-state index < -0.39 is 0 Å². The molecule has 0 aliphatic carbocycles. The molecule has 0 radical (unpaired) electrons. The van der Waals surface area contributed by atoms with Crippen molar-refractivity contribution in [3.05, 3.63) is 12.7 Å². The third kappa shape index (κ3) is 1.61. The number of hydrogen-bond donors (Lipinski definition) is 0. The molecule has 1 fully saturated rings. The summed E-state index contributed by atoms with van der Waals surface area (Å²) in [6.45, 7) is 6.80. The third-order valence-electron chi connectivity index (χ3n) is 2.70. The predicted octanol–water partition coefficient (Wildman–Crippen LogP) is 2.29. The number of nitriles is 1. The van der Waals surface area contributed by atoms with E-state index in [-0.39, 0.29) is 5.54 Å². The molecular formula is C10H16N2. The van der Waals surface area contributed by atoms with E-state index in [1.807, 2.05) is 11.0 Å². The van der Waals surface area contributed by atoms with Crippen LogP contribution in [0.15, 0.2) is 12.7 Å². The number of rotatable bonds is 2. The summed E-state index contributed by atoms with van der Waals surface area (Å²) >= 11 is 0. The van der Waals surface area contributed by atoms with E-state index in [0.29, 0.717) is 0 Å². The molecule has 1 saturated heterocycles. The number of hydrogen-bond acceptors (Lipinski definition) is 2. The Morgan fingerprint density at radius 1 is 1.67 bits per heavy atom. The van der Waals surface area contributed by atoms with Crippen LogP contribution in [-0.4, -0.2) is 17.0 Å². The van der Waals surface area contributed by atoms with Gasteiger partial charge in [0.25, 0.3) is 0 Å². The molecule has 1 aliphatic rings. The average Bonchev–Trinajstić information content (AvgIpc) is 2.05. The SMILES string of the molecule is C=CCC1(C)CCCCN1C#N. The van der Waals surface area contributed by atoms with Crippen LogP contribution in [0.1, 0.15) is 32.6 Å². The Hall–Kier alpha value is -0.970. The van der Waals surface area contributed by atoms with Crippen LogP contribution in [0.5, 0.6) is 0 Å². The lowest BCUT2D eigenvalue weighted by molar-refractivity contribution is 0.125. The van der Waals surface area contributed by atoms with Crippen LogP contribution in [-0.2, 0) is 0 Å². The van der Waals surface area contributed by atoms with Crippen LogP contribution in [0.4, 0.5) is 0 Å². The van der Waals surface area contributed by atoms with Crippen LogP contribution < -0.4 is 0 Å². The summed E-state index contributed by atoms with van der Waals surface area (Å²) in [5.74, 6) is 0. The quantitative estimate of drug-likeness (QED) is 0.462. The topological polar surface area (TPSA) is 27.0 Å². The van der Waals surface area contributed by atoms with Crippen molar-refractivity contribution < 1.29 is 0 Å². The second-order valence-corrected chi connectivity index (χ2v) is 3.70. The Balaban J connectivity index is 2.69. The molecule has 2 heteroatoms. The van der Waals surface area contributed by atoms with Crippen molar-refractivity contribution in [3.63, 3.8) is 0 Å². The Bertz CT molecular complexity index is 204. The van der Waals surface area contributed by atoms with E-state index in [9.17, 15) is 0 Å².